The Labute approximate surface area is 114 Å². The van der Waals surface area contributed by atoms with Crippen molar-refractivity contribution < 1.29 is 4.42 Å². The van der Waals surface area contributed by atoms with E-state index in [0.717, 1.165) is 25.4 Å². The molecule has 0 fully saturated rings. The highest BCUT2D eigenvalue weighted by Gasteiger charge is 2.18. The van der Waals surface area contributed by atoms with Gasteiger partial charge in [-0.25, -0.2) is 0 Å². The Morgan fingerprint density at radius 1 is 1.26 bits per heavy atom. The Bertz CT molecular complexity index is 547. The maximum absolute atomic E-state index is 5.55. The highest BCUT2D eigenvalue weighted by molar-refractivity contribution is 5.55. The number of benzene rings is 1. The van der Waals surface area contributed by atoms with Crippen LogP contribution in [-0.2, 0) is 19.5 Å². The Morgan fingerprint density at radius 3 is 3.05 bits per heavy atom. The number of hydrogen-bond acceptors (Lipinski definition) is 3. The number of hydrogen-bond donors (Lipinski definition) is 1. The average molecular weight is 256 g/mol. The lowest BCUT2D eigenvalue weighted by Gasteiger charge is -2.31. The Morgan fingerprint density at radius 2 is 2.16 bits per heavy atom. The quantitative estimate of drug-likeness (QED) is 0.911. The third-order valence-electron chi connectivity index (χ3n) is 3.74. The van der Waals surface area contributed by atoms with Gasteiger partial charge in [-0.1, -0.05) is 18.2 Å². The van der Waals surface area contributed by atoms with E-state index >= 15 is 0 Å². The van der Waals surface area contributed by atoms with Gasteiger partial charge in [0.25, 0.3) is 0 Å². The van der Waals surface area contributed by atoms with Gasteiger partial charge in [0, 0.05) is 24.3 Å². The molecule has 100 valence electrons. The van der Waals surface area contributed by atoms with E-state index in [0.29, 0.717) is 0 Å². The first-order valence-corrected chi connectivity index (χ1v) is 6.91. The minimum atomic E-state index is 0.790. The molecule has 3 rings (SSSR count). The van der Waals surface area contributed by atoms with E-state index in [1.54, 1.807) is 6.26 Å². The summed E-state index contributed by atoms with van der Waals surface area (Å²) in [7, 11) is 1.95. The van der Waals surface area contributed by atoms with Crippen molar-refractivity contribution in [1.82, 2.24) is 5.32 Å². The molecule has 1 aliphatic heterocycles. The van der Waals surface area contributed by atoms with Gasteiger partial charge < -0.3 is 14.6 Å². The van der Waals surface area contributed by atoms with E-state index in [2.05, 4.69) is 40.5 Å². The first-order valence-electron chi connectivity index (χ1n) is 6.91. The third-order valence-corrected chi connectivity index (χ3v) is 3.74. The average Bonchev–Trinajstić information content (AvgIpc) is 2.87. The summed E-state index contributed by atoms with van der Waals surface area (Å²) in [5.41, 5.74) is 4.13. The number of furan rings is 1. The van der Waals surface area contributed by atoms with Gasteiger partial charge in [-0.05, 0) is 37.6 Å². The van der Waals surface area contributed by atoms with Gasteiger partial charge >= 0.3 is 0 Å². The molecule has 3 nitrogen and oxygen atoms in total. The zero-order valence-electron chi connectivity index (χ0n) is 11.4. The van der Waals surface area contributed by atoms with Crippen molar-refractivity contribution in [3.63, 3.8) is 0 Å². The highest BCUT2D eigenvalue weighted by atomic mass is 16.3. The summed E-state index contributed by atoms with van der Waals surface area (Å²) in [6.07, 6.45) is 4.22. The zero-order valence-corrected chi connectivity index (χ0v) is 11.4. The zero-order chi connectivity index (χ0) is 13.1. The summed E-state index contributed by atoms with van der Waals surface area (Å²) in [4.78, 5) is 2.46. The molecule has 0 unspecified atom stereocenters. The summed E-state index contributed by atoms with van der Waals surface area (Å²) < 4.78 is 5.55. The van der Waals surface area contributed by atoms with E-state index < -0.39 is 0 Å². The fourth-order valence-electron chi connectivity index (χ4n) is 2.80. The number of nitrogens with one attached hydrogen (secondary N) is 1. The number of nitrogens with zero attached hydrogens (tertiary/aromatic N) is 1. The van der Waals surface area contributed by atoms with Crippen LogP contribution in [0.4, 0.5) is 5.69 Å². The lowest BCUT2D eigenvalue weighted by Crippen LogP contribution is -2.29. The number of rotatable bonds is 4. The SMILES string of the molecule is CNCc1occc1CN1CCCc2ccccc21. The van der Waals surface area contributed by atoms with E-state index in [-0.39, 0.29) is 0 Å². The molecule has 0 aliphatic carbocycles. The Balaban J connectivity index is 1.82. The van der Waals surface area contributed by atoms with Crippen LogP contribution in [0.2, 0.25) is 0 Å². The molecule has 3 heteroatoms. The minimum Gasteiger partial charge on any atom is -0.468 e. The monoisotopic (exact) mass is 256 g/mol. The van der Waals surface area contributed by atoms with E-state index in [4.69, 9.17) is 4.42 Å². The smallest absolute Gasteiger partial charge is 0.122 e. The van der Waals surface area contributed by atoms with Crippen LogP contribution >= 0.6 is 0 Å². The van der Waals surface area contributed by atoms with Gasteiger partial charge in [0.05, 0.1) is 12.8 Å². The van der Waals surface area contributed by atoms with Crippen molar-refractivity contribution in [1.29, 1.82) is 0 Å². The van der Waals surface area contributed by atoms with Gasteiger partial charge in [0.15, 0.2) is 0 Å². The fraction of sp³-hybridized carbons (Fsp3) is 0.375. The molecule has 0 saturated carbocycles. The predicted octanol–water partition coefficient (Wildman–Crippen LogP) is 2.95. The second-order valence-electron chi connectivity index (χ2n) is 5.05. The first-order chi connectivity index (χ1) is 9.38. The predicted molar refractivity (Wildman–Crippen MR) is 77.3 cm³/mol. The van der Waals surface area contributed by atoms with Gasteiger partial charge in [0.1, 0.15) is 5.76 Å². The normalized spacial score (nSPS) is 14.5. The lowest BCUT2D eigenvalue weighted by atomic mass is 10.0. The fourth-order valence-corrected chi connectivity index (χ4v) is 2.80. The van der Waals surface area contributed by atoms with Crippen molar-refractivity contribution in [3.05, 3.63) is 53.5 Å². The second kappa shape index (κ2) is 5.49. The molecule has 1 aliphatic rings. The van der Waals surface area contributed by atoms with Crippen LogP contribution in [-0.4, -0.2) is 13.6 Å². The van der Waals surface area contributed by atoms with Gasteiger partial charge in [-0.3, -0.25) is 0 Å². The summed E-state index contributed by atoms with van der Waals surface area (Å²) in [5.74, 6) is 1.05. The topological polar surface area (TPSA) is 28.4 Å². The molecular formula is C16H20N2O. The number of para-hydroxylation sites is 1. The van der Waals surface area contributed by atoms with E-state index in [9.17, 15) is 0 Å². The maximum atomic E-state index is 5.55. The second-order valence-corrected chi connectivity index (χ2v) is 5.05. The van der Waals surface area contributed by atoms with Crippen molar-refractivity contribution in [2.24, 2.45) is 0 Å². The lowest BCUT2D eigenvalue weighted by molar-refractivity contribution is 0.489. The summed E-state index contributed by atoms with van der Waals surface area (Å²) in [6, 6.07) is 10.8. The molecule has 0 radical (unpaired) electrons. The summed E-state index contributed by atoms with van der Waals surface area (Å²) in [6.45, 7) is 2.85. The van der Waals surface area contributed by atoms with Gasteiger partial charge in [-0.15, -0.1) is 0 Å². The van der Waals surface area contributed by atoms with E-state index in [1.807, 2.05) is 7.05 Å². The Kier molecular flexibility index (Phi) is 3.56. The van der Waals surface area contributed by atoms with Crippen LogP contribution in [0.1, 0.15) is 23.3 Å². The van der Waals surface area contributed by atoms with Crippen molar-refractivity contribution >= 4 is 5.69 Å². The summed E-state index contributed by atoms with van der Waals surface area (Å²) in [5, 5.41) is 3.15. The van der Waals surface area contributed by atoms with Crippen LogP contribution < -0.4 is 10.2 Å². The minimum absolute atomic E-state index is 0.790. The first kappa shape index (κ1) is 12.3. The molecule has 1 aromatic carbocycles. The maximum Gasteiger partial charge on any atom is 0.122 e. The van der Waals surface area contributed by atoms with Crippen LogP contribution in [0.5, 0.6) is 0 Å². The molecule has 0 spiro atoms. The summed E-state index contributed by atoms with van der Waals surface area (Å²) >= 11 is 0. The van der Waals surface area contributed by atoms with Crippen LogP contribution in [0.3, 0.4) is 0 Å². The number of fused-ring (bicyclic) bond motifs is 1. The van der Waals surface area contributed by atoms with Gasteiger partial charge in [-0.2, -0.15) is 0 Å². The van der Waals surface area contributed by atoms with Crippen molar-refractivity contribution in [2.45, 2.75) is 25.9 Å². The highest BCUT2D eigenvalue weighted by Crippen LogP contribution is 2.28. The van der Waals surface area contributed by atoms with Crippen molar-refractivity contribution in [2.75, 3.05) is 18.5 Å². The molecule has 0 saturated heterocycles. The molecular weight excluding hydrogens is 236 g/mol. The molecule has 1 N–H and O–H groups in total. The molecule has 0 amide bonds. The van der Waals surface area contributed by atoms with Crippen molar-refractivity contribution in [3.8, 4) is 0 Å². The van der Waals surface area contributed by atoms with Crippen LogP contribution in [0, 0.1) is 0 Å². The van der Waals surface area contributed by atoms with E-state index in [1.165, 1.54) is 29.7 Å². The Hall–Kier alpha value is -1.74. The molecule has 2 aromatic rings. The largest absolute Gasteiger partial charge is 0.468 e. The number of anilines is 1. The molecule has 2 heterocycles. The van der Waals surface area contributed by atoms with Gasteiger partial charge in [0.2, 0.25) is 0 Å². The molecule has 0 bridgehead atoms. The molecule has 1 aromatic heterocycles. The standard InChI is InChI=1S/C16H20N2O/c1-17-11-16-14(8-10-19-16)12-18-9-4-6-13-5-2-3-7-15(13)18/h2-3,5,7-8,10,17H,4,6,9,11-12H2,1H3. The molecule has 19 heavy (non-hydrogen) atoms. The third kappa shape index (κ3) is 2.51. The van der Waals surface area contributed by atoms with Crippen LogP contribution in [0.25, 0.3) is 0 Å². The van der Waals surface area contributed by atoms with Crippen LogP contribution in [0.15, 0.2) is 41.0 Å². The number of aryl methyl sites for hydroxylation is 1. The molecule has 0 atom stereocenters.